The van der Waals surface area contributed by atoms with Gasteiger partial charge in [0.15, 0.2) is 0 Å². The third-order valence-corrected chi connectivity index (χ3v) is 4.59. The van der Waals surface area contributed by atoms with E-state index >= 15 is 0 Å². The average molecular weight is 264 g/mol. The van der Waals surface area contributed by atoms with Gasteiger partial charge >= 0.3 is 5.97 Å². The number of carboxylic acids is 1. The second kappa shape index (κ2) is 7.29. The monoisotopic (exact) mass is 264 g/mol. The SMILES string of the molecule is [B]CCC[C@H]1CN(CC2CCNCC2)C[C@H]1C(=O)O. The zero-order valence-corrected chi connectivity index (χ0v) is 11.7. The number of likely N-dealkylation sites (tertiary alicyclic amines) is 1. The molecule has 2 fully saturated rings. The number of carboxylic acid groups (broad SMARTS) is 1. The Morgan fingerprint density at radius 1 is 1.32 bits per heavy atom. The van der Waals surface area contributed by atoms with E-state index in [1.165, 1.54) is 12.8 Å². The molecule has 106 valence electrons. The Kier molecular flexibility index (Phi) is 5.70. The molecule has 4 nitrogen and oxygen atoms in total. The summed E-state index contributed by atoms with van der Waals surface area (Å²) in [7, 11) is 5.54. The summed E-state index contributed by atoms with van der Waals surface area (Å²) in [6.45, 7) is 4.97. The van der Waals surface area contributed by atoms with Crippen molar-refractivity contribution in [1.82, 2.24) is 10.2 Å². The average Bonchev–Trinajstić information content (AvgIpc) is 2.80. The first kappa shape index (κ1) is 14.9. The number of piperidine rings is 1. The van der Waals surface area contributed by atoms with Crippen molar-refractivity contribution in [3.05, 3.63) is 0 Å². The van der Waals surface area contributed by atoms with Crippen LogP contribution in [0.2, 0.25) is 6.32 Å². The minimum atomic E-state index is -0.630. The smallest absolute Gasteiger partial charge is 0.308 e. The molecule has 19 heavy (non-hydrogen) atoms. The molecule has 0 amide bonds. The minimum Gasteiger partial charge on any atom is -0.481 e. The molecular weight excluding hydrogens is 239 g/mol. The summed E-state index contributed by atoms with van der Waals surface area (Å²) >= 11 is 0. The highest BCUT2D eigenvalue weighted by Crippen LogP contribution is 2.29. The van der Waals surface area contributed by atoms with E-state index in [9.17, 15) is 9.90 Å². The maximum atomic E-state index is 11.3. The largest absolute Gasteiger partial charge is 0.481 e. The molecule has 2 saturated heterocycles. The molecule has 0 aromatic carbocycles. The van der Waals surface area contributed by atoms with Gasteiger partial charge in [-0.1, -0.05) is 12.7 Å². The number of rotatable bonds is 6. The van der Waals surface area contributed by atoms with Crippen LogP contribution in [0.4, 0.5) is 0 Å². The molecule has 2 aliphatic heterocycles. The van der Waals surface area contributed by atoms with Crippen LogP contribution in [0.5, 0.6) is 0 Å². The molecular formula is C14H25BN2O2. The van der Waals surface area contributed by atoms with Gasteiger partial charge in [0.05, 0.1) is 13.8 Å². The number of aliphatic carboxylic acids is 1. The van der Waals surface area contributed by atoms with E-state index in [0.29, 0.717) is 12.2 Å². The first-order chi connectivity index (χ1) is 9.20. The van der Waals surface area contributed by atoms with Crippen LogP contribution in [0.25, 0.3) is 0 Å². The molecule has 0 aromatic heterocycles. The van der Waals surface area contributed by atoms with Crippen LogP contribution in [0.3, 0.4) is 0 Å². The van der Waals surface area contributed by atoms with E-state index in [1.807, 2.05) is 0 Å². The molecule has 0 unspecified atom stereocenters. The van der Waals surface area contributed by atoms with Gasteiger partial charge in [-0.2, -0.15) is 0 Å². The van der Waals surface area contributed by atoms with Crippen molar-refractivity contribution in [3.63, 3.8) is 0 Å². The predicted octanol–water partition coefficient (Wildman–Crippen LogP) is 0.986. The maximum Gasteiger partial charge on any atom is 0.308 e. The van der Waals surface area contributed by atoms with Gasteiger partial charge in [0.2, 0.25) is 0 Å². The minimum absolute atomic E-state index is 0.187. The molecule has 2 atom stereocenters. The number of nitrogens with zero attached hydrogens (tertiary/aromatic N) is 1. The lowest BCUT2D eigenvalue weighted by Gasteiger charge is -2.27. The standard InChI is InChI=1S/C14H25BN2O2/c15-5-1-2-12-9-17(10-13(12)14(18)19)8-11-3-6-16-7-4-11/h11-13,16H,1-10H2,(H,18,19)/t12-,13+/m0/s1. The molecule has 0 spiro atoms. The highest BCUT2D eigenvalue weighted by atomic mass is 16.4. The van der Waals surface area contributed by atoms with Crippen LogP contribution >= 0.6 is 0 Å². The second-order valence-corrected chi connectivity index (χ2v) is 6.05. The Balaban J connectivity index is 1.83. The van der Waals surface area contributed by atoms with Crippen molar-refractivity contribution >= 4 is 13.8 Å². The van der Waals surface area contributed by atoms with E-state index in [4.69, 9.17) is 7.85 Å². The lowest BCUT2D eigenvalue weighted by molar-refractivity contribution is -0.142. The summed E-state index contributed by atoms with van der Waals surface area (Å²) < 4.78 is 0. The van der Waals surface area contributed by atoms with Gasteiger partial charge in [0.1, 0.15) is 0 Å². The molecule has 2 aliphatic rings. The fourth-order valence-corrected chi connectivity index (χ4v) is 3.49. The summed E-state index contributed by atoms with van der Waals surface area (Å²) in [4.78, 5) is 13.7. The molecule has 2 N–H and O–H groups in total. The third-order valence-electron chi connectivity index (χ3n) is 4.59. The van der Waals surface area contributed by atoms with Crippen molar-refractivity contribution in [2.75, 3.05) is 32.7 Å². The van der Waals surface area contributed by atoms with E-state index in [2.05, 4.69) is 10.2 Å². The number of carbonyl (C=O) groups is 1. The first-order valence-corrected chi connectivity index (χ1v) is 7.56. The normalized spacial score (nSPS) is 29.7. The quantitative estimate of drug-likeness (QED) is 0.702. The van der Waals surface area contributed by atoms with Crippen molar-refractivity contribution in [3.8, 4) is 0 Å². The number of hydrogen-bond acceptors (Lipinski definition) is 3. The number of nitrogens with one attached hydrogen (secondary N) is 1. The molecule has 0 aromatic rings. The zero-order chi connectivity index (χ0) is 13.7. The summed E-state index contributed by atoms with van der Waals surface area (Å²) in [5.74, 6) is 0.217. The highest BCUT2D eigenvalue weighted by Gasteiger charge is 2.37. The highest BCUT2D eigenvalue weighted by molar-refractivity contribution is 6.08. The molecule has 2 heterocycles. The molecule has 2 rings (SSSR count). The fourth-order valence-electron chi connectivity index (χ4n) is 3.49. The van der Waals surface area contributed by atoms with Gasteiger partial charge in [-0.3, -0.25) is 4.79 Å². The summed E-state index contributed by atoms with van der Waals surface area (Å²) in [6, 6.07) is 0. The van der Waals surface area contributed by atoms with E-state index < -0.39 is 5.97 Å². The van der Waals surface area contributed by atoms with Crippen LogP contribution in [-0.4, -0.2) is 56.5 Å². The van der Waals surface area contributed by atoms with Crippen LogP contribution in [0.1, 0.15) is 25.7 Å². The van der Waals surface area contributed by atoms with Gasteiger partial charge in [0.25, 0.3) is 0 Å². The lowest BCUT2D eigenvalue weighted by Crippen LogP contribution is -2.35. The van der Waals surface area contributed by atoms with E-state index in [0.717, 1.165) is 51.5 Å². The van der Waals surface area contributed by atoms with Gasteiger partial charge < -0.3 is 15.3 Å². The van der Waals surface area contributed by atoms with Gasteiger partial charge in [-0.05, 0) is 44.2 Å². The van der Waals surface area contributed by atoms with Crippen molar-refractivity contribution in [1.29, 1.82) is 0 Å². The van der Waals surface area contributed by atoms with E-state index in [1.54, 1.807) is 0 Å². The predicted molar refractivity (Wildman–Crippen MR) is 76.4 cm³/mol. The first-order valence-electron chi connectivity index (χ1n) is 7.56. The molecule has 0 aliphatic carbocycles. The van der Waals surface area contributed by atoms with Crippen molar-refractivity contribution < 1.29 is 9.90 Å². The van der Waals surface area contributed by atoms with Crippen molar-refractivity contribution in [2.45, 2.75) is 32.0 Å². The maximum absolute atomic E-state index is 11.3. The van der Waals surface area contributed by atoms with Crippen molar-refractivity contribution in [2.24, 2.45) is 17.8 Å². The van der Waals surface area contributed by atoms with Crippen LogP contribution in [-0.2, 0) is 4.79 Å². The van der Waals surface area contributed by atoms with Gasteiger partial charge in [-0.15, -0.1) is 0 Å². The molecule has 2 radical (unpaired) electrons. The van der Waals surface area contributed by atoms with Gasteiger partial charge in [0, 0.05) is 19.6 Å². The molecule has 5 heteroatoms. The summed E-state index contributed by atoms with van der Waals surface area (Å²) in [6.07, 6.45) is 5.01. The van der Waals surface area contributed by atoms with Crippen LogP contribution in [0.15, 0.2) is 0 Å². The second-order valence-electron chi connectivity index (χ2n) is 6.05. The third kappa shape index (κ3) is 4.21. The van der Waals surface area contributed by atoms with Gasteiger partial charge in [-0.25, -0.2) is 0 Å². The summed E-state index contributed by atoms with van der Waals surface area (Å²) in [5, 5.41) is 12.7. The Morgan fingerprint density at radius 3 is 2.68 bits per heavy atom. The summed E-state index contributed by atoms with van der Waals surface area (Å²) in [5.41, 5.74) is 0. The Bertz CT molecular complexity index is 295. The molecule has 0 bridgehead atoms. The zero-order valence-electron chi connectivity index (χ0n) is 11.7. The Hall–Kier alpha value is -0.545. The number of hydrogen-bond donors (Lipinski definition) is 2. The van der Waals surface area contributed by atoms with Crippen LogP contribution < -0.4 is 5.32 Å². The topological polar surface area (TPSA) is 52.6 Å². The lowest BCUT2D eigenvalue weighted by atomic mass is 9.88. The Morgan fingerprint density at radius 2 is 2.05 bits per heavy atom. The fraction of sp³-hybridized carbons (Fsp3) is 0.929. The van der Waals surface area contributed by atoms with E-state index in [-0.39, 0.29) is 5.92 Å². The van der Waals surface area contributed by atoms with Crippen LogP contribution in [0, 0.1) is 17.8 Å². The molecule has 0 saturated carbocycles. The Labute approximate surface area is 117 Å².